The minimum atomic E-state index is -0.396. The smallest absolute Gasteiger partial charge is 0.410 e. The van der Waals surface area contributed by atoms with Crippen LogP contribution in [0.15, 0.2) is 24.3 Å². The maximum absolute atomic E-state index is 12.6. The highest BCUT2D eigenvalue weighted by molar-refractivity contribution is 5.76. The molecular formula is C23H37N3O3. The Morgan fingerprint density at radius 2 is 1.59 bits per heavy atom. The van der Waals surface area contributed by atoms with E-state index in [9.17, 15) is 9.59 Å². The van der Waals surface area contributed by atoms with Gasteiger partial charge in [0.15, 0.2) is 0 Å². The Bertz CT molecular complexity index is 631. The lowest BCUT2D eigenvalue weighted by molar-refractivity contribution is -0.133. The molecule has 0 unspecified atom stereocenters. The zero-order valence-corrected chi connectivity index (χ0v) is 18.5. The second-order valence-electron chi connectivity index (χ2n) is 8.05. The van der Waals surface area contributed by atoms with Crippen molar-refractivity contribution in [1.29, 1.82) is 0 Å². The van der Waals surface area contributed by atoms with E-state index in [1.54, 1.807) is 26.2 Å². The van der Waals surface area contributed by atoms with Crippen LogP contribution >= 0.6 is 0 Å². The number of hydrogen-bond acceptors (Lipinski definition) is 4. The van der Waals surface area contributed by atoms with Gasteiger partial charge in [-0.15, -0.1) is 0 Å². The molecule has 0 atom stereocenters. The average molecular weight is 404 g/mol. The van der Waals surface area contributed by atoms with Crippen LogP contribution in [0.3, 0.4) is 0 Å². The number of piperazine rings is 1. The first kappa shape index (κ1) is 23.2. The first-order valence-electron chi connectivity index (χ1n) is 10.9. The second kappa shape index (κ2) is 11.8. The van der Waals surface area contributed by atoms with Crippen LogP contribution < -0.4 is 4.74 Å². The molecule has 0 radical (unpaired) electrons. The minimum Gasteiger partial charge on any atom is -0.410 e. The number of nitrogens with zero attached hydrogens (tertiary/aromatic N) is 3. The third-order valence-corrected chi connectivity index (χ3v) is 5.55. The molecular weight excluding hydrogens is 366 g/mol. The van der Waals surface area contributed by atoms with Gasteiger partial charge in [0.1, 0.15) is 5.75 Å². The highest BCUT2D eigenvalue weighted by Gasteiger charge is 2.25. The Morgan fingerprint density at radius 3 is 2.10 bits per heavy atom. The molecule has 1 aromatic carbocycles. The van der Waals surface area contributed by atoms with Gasteiger partial charge in [0.2, 0.25) is 5.91 Å². The van der Waals surface area contributed by atoms with E-state index in [4.69, 9.17) is 4.74 Å². The molecule has 1 heterocycles. The SMILES string of the molecule is CCCC(CCC)N1CCN(C(=O)CCc2ccc(OC(=O)N(C)C)cc2)CC1. The Balaban J connectivity index is 1.76. The van der Waals surface area contributed by atoms with Gasteiger partial charge in [-0.1, -0.05) is 38.8 Å². The van der Waals surface area contributed by atoms with E-state index in [-0.39, 0.29) is 5.91 Å². The van der Waals surface area contributed by atoms with E-state index in [0.29, 0.717) is 24.6 Å². The molecule has 0 bridgehead atoms. The lowest BCUT2D eigenvalue weighted by Gasteiger charge is -2.39. The van der Waals surface area contributed by atoms with E-state index >= 15 is 0 Å². The second-order valence-corrected chi connectivity index (χ2v) is 8.05. The predicted molar refractivity (Wildman–Crippen MR) is 116 cm³/mol. The summed E-state index contributed by atoms with van der Waals surface area (Å²) in [6.45, 7) is 8.15. The van der Waals surface area contributed by atoms with Gasteiger partial charge in [-0.25, -0.2) is 4.79 Å². The van der Waals surface area contributed by atoms with Crippen molar-refractivity contribution < 1.29 is 14.3 Å². The normalized spacial score (nSPS) is 14.9. The number of carbonyl (C=O) groups is 2. The molecule has 0 saturated carbocycles. The van der Waals surface area contributed by atoms with Crippen LogP contribution in [0.2, 0.25) is 0 Å². The third kappa shape index (κ3) is 7.35. The average Bonchev–Trinajstić information content (AvgIpc) is 2.73. The van der Waals surface area contributed by atoms with Crippen LogP contribution in [0, 0.1) is 0 Å². The molecule has 2 rings (SSSR count). The molecule has 1 saturated heterocycles. The number of rotatable bonds is 9. The first-order valence-corrected chi connectivity index (χ1v) is 10.9. The van der Waals surface area contributed by atoms with Gasteiger partial charge in [-0.3, -0.25) is 9.69 Å². The van der Waals surface area contributed by atoms with Gasteiger partial charge >= 0.3 is 6.09 Å². The summed E-state index contributed by atoms with van der Waals surface area (Å²) >= 11 is 0. The molecule has 1 aliphatic rings. The monoisotopic (exact) mass is 403 g/mol. The van der Waals surface area contributed by atoms with Crippen molar-refractivity contribution in [3.05, 3.63) is 29.8 Å². The summed E-state index contributed by atoms with van der Waals surface area (Å²) in [5.74, 6) is 0.749. The minimum absolute atomic E-state index is 0.232. The number of aryl methyl sites for hydroxylation is 1. The zero-order valence-electron chi connectivity index (χ0n) is 18.5. The molecule has 2 amide bonds. The molecule has 6 heteroatoms. The van der Waals surface area contributed by atoms with Crippen molar-refractivity contribution in [2.45, 2.75) is 58.4 Å². The Kier molecular flexibility index (Phi) is 9.45. The largest absolute Gasteiger partial charge is 0.414 e. The molecule has 0 aromatic heterocycles. The summed E-state index contributed by atoms with van der Waals surface area (Å²) in [5.41, 5.74) is 1.08. The third-order valence-electron chi connectivity index (χ3n) is 5.55. The van der Waals surface area contributed by atoms with Gasteiger partial charge in [-0.2, -0.15) is 0 Å². The fourth-order valence-corrected chi connectivity index (χ4v) is 3.84. The summed E-state index contributed by atoms with van der Waals surface area (Å²) < 4.78 is 5.22. The summed E-state index contributed by atoms with van der Waals surface area (Å²) in [4.78, 5) is 30.2. The van der Waals surface area contributed by atoms with Crippen molar-refractivity contribution in [1.82, 2.24) is 14.7 Å². The molecule has 0 spiro atoms. The van der Waals surface area contributed by atoms with E-state index in [1.165, 1.54) is 30.6 Å². The molecule has 1 aromatic rings. The summed E-state index contributed by atoms with van der Waals surface area (Å²) in [6, 6.07) is 8.07. The summed E-state index contributed by atoms with van der Waals surface area (Å²) in [6.07, 6.45) is 5.77. The van der Waals surface area contributed by atoms with Crippen LogP contribution in [0.5, 0.6) is 5.75 Å². The lowest BCUT2D eigenvalue weighted by atomic mass is 10.0. The van der Waals surface area contributed by atoms with E-state index < -0.39 is 6.09 Å². The highest BCUT2D eigenvalue weighted by Crippen LogP contribution is 2.17. The van der Waals surface area contributed by atoms with Gasteiger partial charge in [0.25, 0.3) is 0 Å². The van der Waals surface area contributed by atoms with Crippen molar-refractivity contribution in [2.75, 3.05) is 40.3 Å². The number of ether oxygens (including phenoxy) is 1. The molecule has 0 N–H and O–H groups in total. The van der Waals surface area contributed by atoms with Gasteiger partial charge < -0.3 is 14.5 Å². The number of hydrogen-bond donors (Lipinski definition) is 0. The van der Waals surface area contributed by atoms with Crippen LogP contribution in [0.25, 0.3) is 0 Å². The van der Waals surface area contributed by atoms with Crippen molar-refractivity contribution in [2.24, 2.45) is 0 Å². The molecule has 6 nitrogen and oxygen atoms in total. The number of amides is 2. The van der Waals surface area contributed by atoms with Crippen LogP contribution in [-0.4, -0.2) is 73.0 Å². The van der Waals surface area contributed by atoms with Gasteiger partial charge in [0.05, 0.1) is 0 Å². The Labute approximate surface area is 175 Å². The topological polar surface area (TPSA) is 53.1 Å². The lowest BCUT2D eigenvalue weighted by Crippen LogP contribution is -2.52. The van der Waals surface area contributed by atoms with Crippen molar-refractivity contribution >= 4 is 12.0 Å². The fraction of sp³-hybridized carbons (Fsp3) is 0.652. The zero-order chi connectivity index (χ0) is 21.2. The van der Waals surface area contributed by atoms with Crippen LogP contribution in [0.1, 0.15) is 51.5 Å². The molecule has 29 heavy (non-hydrogen) atoms. The molecule has 1 fully saturated rings. The maximum Gasteiger partial charge on any atom is 0.414 e. The standard InChI is InChI=1S/C23H37N3O3/c1-5-7-20(8-6-2)25-15-17-26(18-16-25)22(27)14-11-19-9-12-21(13-10-19)29-23(28)24(3)4/h9-10,12-13,20H,5-8,11,14-18H2,1-4H3. The summed E-state index contributed by atoms with van der Waals surface area (Å²) in [5, 5.41) is 0. The Hall–Kier alpha value is -2.08. The molecule has 162 valence electrons. The van der Waals surface area contributed by atoms with Crippen LogP contribution in [0.4, 0.5) is 4.79 Å². The highest BCUT2D eigenvalue weighted by atomic mass is 16.6. The molecule has 0 aliphatic carbocycles. The van der Waals surface area contributed by atoms with Gasteiger partial charge in [0, 0.05) is 52.7 Å². The van der Waals surface area contributed by atoms with Gasteiger partial charge in [-0.05, 0) is 37.0 Å². The van der Waals surface area contributed by atoms with E-state index in [2.05, 4.69) is 18.7 Å². The first-order chi connectivity index (χ1) is 13.9. The number of carbonyl (C=O) groups excluding carboxylic acids is 2. The fourth-order valence-electron chi connectivity index (χ4n) is 3.84. The van der Waals surface area contributed by atoms with E-state index in [1.807, 2.05) is 17.0 Å². The predicted octanol–water partition coefficient (Wildman–Crippen LogP) is 3.79. The van der Waals surface area contributed by atoms with E-state index in [0.717, 1.165) is 31.7 Å². The van der Waals surface area contributed by atoms with Crippen molar-refractivity contribution in [3.8, 4) is 5.75 Å². The maximum atomic E-state index is 12.6. The summed E-state index contributed by atoms with van der Waals surface area (Å²) in [7, 11) is 3.30. The molecule has 1 aliphatic heterocycles. The quantitative estimate of drug-likeness (QED) is 0.629. The van der Waals surface area contributed by atoms with Crippen molar-refractivity contribution in [3.63, 3.8) is 0 Å². The van der Waals surface area contributed by atoms with Crippen LogP contribution in [-0.2, 0) is 11.2 Å². The number of benzene rings is 1. The Morgan fingerprint density at radius 1 is 1.00 bits per heavy atom.